The lowest BCUT2D eigenvalue weighted by atomic mass is 9.90. The van der Waals surface area contributed by atoms with E-state index in [9.17, 15) is 0 Å². The zero-order chi connectivity index (χ0) is 13.6. The van der Waals surface area contributed by atoms with Crippen LogP contribution in [0.4, 0.5) is 0 Å². The predicted molar refractivity (Wildman–Crippen MR) is 81.0 cm³/mol. The summed E-state index contributed by atoms with van der Waals surface area (Å²) in [6.45, 7) is 4.06. The summed E-state index contributed by atoms with van der Waals surface area (Å²) >= 11 is 0. The lowest BCUT2D eigenvalue weighted by Gasteiger charge is -2.43. The zero-order valence-electron chi connectivity index (χ0n) is 12.9. The molecule has 0 unspecified atom stereocenters. The Morgan fingerprint density at radius 1 is 0.900 bits per heavy atom. The van der Waals surface area contributed by atoms with Gasteiger partial charge in [-0.05, 0) is 25.7 Å². The molecule has 0 bridgehead atoms. The molecule has 0 aromatic rings. The van der Waals surface area contributed by atoms with E-state index in [2.05, 4.69) is 4.90 Å². The van der Waals surface area contributed by atoms with Crippen LogP contribution in [0.3, 0.4) is 0 Å². The largest absolute Gasteiger partial charge is 0.377 e. The molecule has 0 spiro atoms. The highest BCUT2D eigenvalue weighted by Crippen LogP contribution is 2.28. The molecule has 0 radical (unpaired) electrons. The topological polar surface area (TPSA) is 21.7 Å². The van der Waals surface area contributed by atoms with Crippen molar-refractivity contribution in [3.63, 3.8) is 0 Å². The van der Waals surface area contributed by atoms with E-state index in [0.29, 0.717) is 18.2 Å². The van der Waals surface area contributed by atoms with Crippen molar-refractivity contribution < 1.29 is 9.47 Å². The van der Waals surface area contributed by atoms with Crippen molar-refractivity contribution in [3.8, 4) is 0 Å². The minimum absolute atomic E-state index is 0.510. The highest BCUT2D eigenvalue weighted by Gasteiger charge is 2.33. The molecule has 1 heterocycles. The number of nitrogens with zero attached hydrogens (tertiary/aromatic N) is 1. The van der Waals surface area contributed by atoms with Gasteiger partial charge in [-0.15, -0.1) is 0 Å². The summed E-state index contributed by atoms with van der Waals surface area (Å²) in [5.41, 5.74) is 0. The third kappa shape index (κ3) is 3.96. The SMILES string of the molecule is C1CCCC(OCCN2CCO[C@H]3CCCC[C@H]32)CC1. The minimum Gasteiger partial charge on any atom is -0.377 e. The van der Waals surface area contributed by atoms with Gasteiger partial charge in [0.25, 0.3) is 0 Å². The van der Waals surface area contributed by atoms with Gasteiger partial charge in [0.2, 0.25) is 0 Å². The molecule has 0 aromatic heterocycles. The van der Waals surface area contributed by atoms with Crippen LogP contribution in [0.5, 0.6) is 0 Å². The molecule has 0 N–H and O–H groups in total. The third-order valence-electron chi connectivity index (χ3n) is 5.38. The minimum atomic E-state index is 0.510. The van der Waals surface area contributed by atoms with Crippen LogP contribution in [0.25, 0.3) is 0 Å². The zero-order valence-corrected chi connectivity index (χ0v) is 12.9. The Labute approximate surface area is 124 Å². The van der Waals surface area contributed by atoms with Crippen molar-refractivity contribution in [2.45, 2.75) is 82.5 Å². The first-order valence-electron chi connectivity index (χ1n) is 8.91. The lowest BCUT2D eigenvalue weighted by molar-refractivity contribution is -0.0965. The number of hydrogen-bond donors (Lipinski definition) is 0. The van der Waals surface area contributed by atoms with Gasteiger partial charge in [0.15, 0.2) is 0 Å². The number of morpholine rings is 1. The Morgan fingerprint density at radius 2 is 1.65 bits per heavy atom. The van der Waals surface area contributed by atoms with Gasteiger partial charge in [-0.25, -0.2) is 0 Å². The standard InChI is InChI=1S/C17H31NO2/c1-2-4-8-15(7-3-1)19-13-11-18-12-14-20-17-10-6-5-9-16(17)18/h15-17H,1-14H2/t16-,17+/m1/s1. The number of fused-ring (bicyclic) bond motifs is 1. The van der Waals surface area contributed by atoms with E-state index in [0.717, 1.165) is 26.3 Å². The van der Waals surface area contributed by atoms with E-state index in [-0.39, 0.29) is 0 Å². The van der Waals surface area contributed by atoms with Crippen LogP contribution in [0, 0.1) is 0 Å². The molecule has 3 fully saturated rings. The maximum absolute atomic E-state index is 6.16. The fraction of sp³-hybridized carbons (Fsp3) is 1.00. The maximum atomic E-state index is 6.16. The Kier molecular flexibility index (Phi) is 5.75. The molecule has 3 rings (SSSR count). The van der Waals surface area contributed by atoms with Gasteiger partial charge in [-0.1, -0.05) is 38.5 Å². The molecule has 2 atom stereocenters. The fourth-order valence-corrected chi connectivity index (χ4v) is 4.20. The van der Waals surface area contributed by atoms with Gasteiger partial charge < -0.3 is 9.47 Å². The van der Waals surface area contributed by atoms with Crippen LogP contribution < -0.4 is 0 Å². The molecule has 116 valence electrons. The van der Waals surface area contributed by atoms with Crippen LogP contribution in [-0.2, 0) is 9.47 Å². The van der Waals surface area contributed by atoms with Gasteiger partial charge in [-0.3, -0.25) is 4.90 Å². The van der Waals surface area contributed by atoms with Crippen LogP contribution in [0.15, 0.2) is 0 Å². The first-order valence-corrected chi connectivity index (χ1v) is 8.91. The van der Waals surface area contributed by atoms with Crippen molar-refractivity contribution in [1.29, 1.82) is 0 Å². The van der Waals surface area contributed by atoms with Crippen molar-refractivity contribution in [1.82, 2.24) is 4.90 Å². The van der Waals surface area contributed by atoms with Crippen molar-refractivity contribution in [2.24, 2.45) is 0 Å². The fourth-order valence-electron chi connectivity index (χ4n) is 4.20. The molecule has 20 heavy (non-hydrogen) atoms. The molecular weight excluding hydrogens is 250 g/mol. The average molecular weight is 281 g/mol. The molecule has 3 nitrogen and oxygen atoms in total. The number of ether oxygens (including phenoxy) is 2. The highest BCUT2D eigenvalue weighted by molar-refractivity contribution is 4.87. The summed E-state index contributed by atoms with van der Waals surface area (Å²) in [6.07, 6.45) is 14.5. The summed E-state index contributed by atoms with van der Waals surface area (Å²) in [7, 11) is 0. The smallest absolute Gasteiger partial charge is 0.0730 e. The Balaban J connectivity index is 1.40. The van der Waals surface area contributed by atoms with Gasteiger partial charge in [0, 0.05) is 19.1 Å². The van der Waals surface area contributed by atoms with Crippen LogP contribution in [0.1, 0.15) is 64.2 Å². The summed E-state index contributed by atoms with van der Waals surface area (Å²) in [4.78, 5) is 2.64. The Bertz CT molecular complexity index is 274. The summed E-state index contributed by atoms with van der Waals surface area (Å²) < 4.78 is 12.1. The van der Waals surface area contributed by atoms with Crippen LogP contribution in [0.2, 0.25) is 0 Å². The molecule has 2 saturated carbocycles. The maximum Gasteiger partial charge on any atom is 0.0730 e. The first kappa shape index (κ1) is 14.8. The Hall–Kier alpha value is -0.120. The third-order valence-corrected chi connectivity index (χ3v) is 5.38. The molecule has 0 aromatic carbocycles. The summed E-state index contributed by atoms with van der Waals surface area (Å²) in [5.74, 6) is 0. The molecular formula is C17H31NO2. The van der Waals surface area contributed by atoms with Gasteiger partial charge in [-0.2, -0.15) is 0 Å². The second-order valence-electron chi connectivity index (χ2n) is 6.78. The van der Waals surface area contributed by atoms with E-state index in [1.54, 1.807) is 0 Å². The normalized spacial score (nSPS) is 33.6. The van der Waals surface area contributed by atoms with Crippen LogP contribution >= 0.6 is 0 Å². The quantitative estimate of drug-likeness (QED) is 0.738. The molecule has 2 aliphatic carbocycles. The summed E-state index contributed by atoms with van der Waals surface area (Å²) in [5, 5.41) is 0. The molecule has 3 aliphatic rings. The van der Waals surface area contributed by atoms with Gasteiger partial charge in [0.1, 0.15) is 0 Å². The van der Waals surface area contributed by atoms with Crippen molar-refractivity contribution >= 4 is 0 Å². The highest BCUT2D eigenvalue weighted by atomic mass is 16.5. The van der Waals surface area contributed by atoms with Gasteiger partial charge in [0.05, 0.1) is 25.4 Å². The van der Waals surface area contributed by atoms with E-state index in [1.165, 1.54) is 64.2 Å². The monoisotopic (exact) mass is 281 g/mol. The molecule has 3 heteroatoms. The summed E-state index contributed by atoms with van der Waals surface area (Å²) in [6, 6.07) is 0.676. The van der Waals surface area contributed by atoms with Gasteiger partial charge >= 0.3 is 0 Å². The van der Waals surface area contributed by atoms with E-state index < -0.39 is 0 Å². The molecule has 1 saturated heterocycles. The first-order chi connectivity index (χ1) is 9.93. The molecule has 1 aliphatic heterocycles. The number of hydrogen-bond acceptors (Lipinski definition) is 3. The predicted octanol–water partition coefficient (Wildman–Crippen LogP) is 3.37. The lowest BCUT2D eigenvalue weighted by Crippen LogP contribution is -2.53. The van der Waals surface area contributed by atoms with Crippen LogP contribution in [-0.4, -0.2) is 49.5 Å². The second kappa shape index (κ2) is 7.77. The number of rotatable bonds is 4. The van der Waals surface area contributed by atoms with E-state index in [1.807, 2.05) is 0 Å². The molecule has 0 amide bonds. The van der Waals surface area contributed by atoms with Crippen molar-refractivity contribution in [3.05, 3.63) is 0 Å². The van der Waals surface area contributed by atoms with E-state index in [4.69, 9.17) is 9.47 Å². The average Bonchev–Trinajstić information content (AvgIpc) is 2.76. The van der Waals surface area contributed by atoms with Crippen molar-refractivity contribution in [2.75, 3.05) is 26.3 Å². The Morgan fingerprint density at radius 3 is 2.50 bits per heavy atom. The van der Waals surface area contributed by atoms with E-state index >= 15 is 0 Å². The second-order valence-corrected chi connectivity index (χ2v) is 6.78.